The molecule has 0 radical (unpaired) electrons. The summed E-state index contributed by atoms with van der Waals surface area (Å²) in [6.07, 6.45) is 0.149. The summed E-state index contributed by atoms with van der Waals surface area (Å²) in [6.45, 7) is 7.57. The molecule has 2 unspecified atom stereocenters. The predicted octanol–water partition coefficient (Wildman–Crippen LogP) is 3.56. The highest BCUT2D eigenvalue weighted by molar-refractivity contribution is 14.0. The van der Waals surface area contributed by atoms with E-state index in [2.05, 4.69) is 48.3 Å². The topological polar surface area (TPSA) is 57.1 Å². The summed E-state index contributed by atoms with van der Waals surface area (Å²) in [5, 5.41) is 13.8. The smallest absolute Gasteiger partial charge is 0.194 e. The molecule has 2 aromatic carbocycles. The predicted molar refractivity (Wildman–Crippen MR) is 129 cm³/mol. The Labute approximate surface area is 191 Å². The van der Waals surface area contributed by atoms with Gasteiger partial charge in [0.15, 0.2) is 5.96 Å². The number of halogens is 1. The number of hydrogen-bond donors (Lipinski definition) is 2. The van der Waals surface area contributed by atoms with Gasteiger partial charge in [-0.05, 0) is 30.5 Å². The first-order valence-corrected chi connectivity index (χ1v) is 10.1. The second-order valence-electron chi connectivity index (χ2n) is 7.20. The van der Waals surface area contributed by atoms with Gasteiger partial charge < -0.3 is 20.1 Å². The van der Waals surface area contributed by atoms with E-state index in [4.69, 9.17) is 9.73 Å². The van der Waals surface area contributed by atoms with Gasteiger partial charge in [0.25, 0.3) is 0 Å². The third kappa shape index (κ3) is 6.97. The van der Waals surface area contributed by atoms with Crippen LogP contribution in [-0.4, -0.2) is 54.9 Å². The summed E-state index contributed by atoms with van der Waals surface area (Å²) in [6, 6.07) is 18.4. The number of aryl methyl sites for hydroxylation is 1. The molecule has 2 N–H and O–H groups in total. The number of aliphatic imine (C=N–C) groups is 1. The van der Waals surface area contributed by atoms with E-state index in [-0.39, 0.29) is 30.1 Å². The Morgan fingerprint density at radius 2 is 1.93 bits per heavy atom. The van der Waals surface area contributed by atoms with E-state index in [1.54, 1.807) is 0 Å². The number of aliphatic hydroxyl groups excluding tert-OH is 1. The fourth-order valence-electron chi connectivity index (χ4n) is 3.55. The van der Waals surface area contributed by atoms with Crippen LogP contribution in [0.3, 0.4) is 0 Å². The SMILES string of the molecule is CCNC(=NCC(O)Cc1ccccc1)N1CCOC(c2ccccc2C)C1.I. The fourth-order valence-corrected chi connectivity index (χ4v) is 3.55. The van der Waals surface area contributed by atoms with Gasteiger partial charge in [-0.15, -0.1) is 24.0 Å². The van der Waals surface area contributed by atoms with E-state index >= 15 is 0 Å². The Hall–Kier alpha value is -1.64. The van der Waals surface area contributed by atoms with Crippen molar-refractivity contribution in [2.24, 2.45) is 4.99 Å². The first kappa shape index (κ1) is 23.6. The van der Waals surface area contributed by atoms with Crippen LogP contribution in [0.25, 0.3) is 0 Å². The van der Waals surface area contributed by atoms with Crippen molar-refractivity contribution in [2.45, 2.75) is 32.5 Å². The average Bonchev–Trinajstić information content (AvgIpc) is 2.72. The van der Waals surface area contributed by atoms with E-state index in [0.717, 1.165) is 31.2 Å². The number of aliphatic hydroxyl groups is 1. The van der Waals surface area contributed by atoms with Crippen LogP contribution >= 0.6 is 24.0 Å². The Balaban J connectivity index is 0.00000300. The van der Waals surface area contributed by atoms with Crippen molar-refractivity contribution in [2.75, 3.05) is 32.8 Å². The van der Waals surface area contributed by atoms with Crippen LogP contribution in [0.5, 0.6) is 0 Å². The van der Waals surface area contributed by atoms with Crippen molar-refractivity contribution in [3.63, 3.8) is 0 Å². The lowest BCUT2D eigenvalue weighted by molar-refractivity contribution is -0.00839. The van der Waals surface area contributed by atoms with E-state index in [1.807, 2.05) is 30.3 Å². The number of benzene rings is 2. The summed E-state index contributed by atoms with van der Waals surface area (Å²) in [5.74, 6) is 0.844. The molecule has 1 aliphatic heterocycles. The summed E-state index contributed by atoms with van der Waals surface area (Å²) < 4.78 is 6.03. The number of guanidine groups is 1. The molecule has 2 atom stereocenters. The van der Waals surface area contributed by atoms with Gasteiger partial charge in [-0.1, -0.05) is 54.6 Å². The molecular weight excluding hydrogens is 477 g/mol. The van der Waals surface area contributed by atoms with E-state index in [9.17, 15) is 5.11 Å². The lowest BCUT2D eigenvalue weighted by atomic mass is 10.0. The molecule has 1 fully saturated rings. The second kappa shape index (κ2) is 12.1. The van der Waals surface area contributed by atoms with Crippen LogP contribution in [0.1, 0.15) is 29.7 Å². The third-order valence-electron chi connectivity index (χ3n) is 5.00. The molecule has 158 valence electrons. The molecule has 5 nitrogen and oxygen atoms in total. The summed E-state index contributed by atoms with van der Waals surface area (Å²) in [7, 11) is 0. The largest absolute Gasteiger partial charge is 0.391 e. The molecule has 3 rings (SSSR count). The molecule has 0 spiro atoms. The Kier molecular flexibility index (Phi) is 9.90. The molecular formula is C23H32IN3O2. The highest BCUT2D eigenvalue weighted by Gasteiger charge is 2.25. The van der Waals surface area contributed by atoms with Gasteiger partial charge in [-0.3, -0.25) is 4.99 Å². The quantitative estimate of drug-likeness (QED) is 0.356. The van der Waals surface area contributed by atoms with Crippen molar-refractivity contribution in [1.82, 2.24) is 10.2 Å². The number of rotatable bonds is 6. The minimum atomic E-state index is -0.496. The molecule has 1 aliphatic rings. The first-order valence-electron chi connectivity index (χ1n) is 10.1. The van der Waals surface area contributed by atoms with Crippen LogP contribution in [-0.2, 0) is 11.2 Å². The Morgan fingerprint density at radius 3 is 2.66 bits per heavy atom. The summed E-state index contributed by atoms with van der Waals surface area (Å²) >= 11 is 0. The fraction of sp³-hybridized carbons (Fsp3) is 0.435. The normalized spacial score (nSPS) is 18.1. The lowest BCUT2D eigenvalue weighted by Gasteiger charge is -2.36. The maximum atomic E-state index is 10.4. The Morgan fingerprint density at radius 1 is 1.21 bits per heavy atom. The molecule has 2 aromatic rings. The summed E-state index contributed by atoms with van der Waals surface area (Å²) in [4.78, 5) is 6.95. The minimum Gasteiger partial charge on any atom is -0.391 e. The van der Waals surface area contributed by atoms with Crippen LogP contribution in [0, 0.1) is 6.92 Å². The number of morpholine rings is 1. The van der Waals surface area contributed by atoms with Gasteiger partial charge >= 0.3 is 0 Å². The van der Waals surface area contributed by atoms with Crippen molar-refractivity contribution in [3.8, 4) is 0 Å². The lowest BCUT2D eigenvalue weighted by Crippen LogP contribution is -2.48. The van der Waals surface area contributed by atoms with Gasteiger partial charge in [0, 0.05) is 19.5 Å². The first-order chi connectivity index (χ1) is 13.7. The van der Waals surface area contributed by atoms with Crippen LogP contribution in [0.2, 0.25) is 0 Å². The zero-order valence-corrected chi connectivity index (χ0v) is 19.6. The second-order valence-corrected chi connectivity index (χ2v) is 7.20. The maximum absolute atomic E-state index is 10.4. The van der Waals surface area contributed by atoms with Gasteiger partial charge in [0.2, 0.25) is 0 Å². The average molecular weight is 509 g/mol. The molecule has 0 amide bonds. The van der Waals surface area contributed by atoms with Gasteiger partial charge in [0.1, 0.15) is 6.10 Å². The molecule has 1 saturated heterocycles. The van der Waals surface area contributed by atoms with E-state index in [1.165, 1.54) is 11.1 Å². The standard InChI is InChI=1S/C23H31N3O2.HI/c1-3-24-23(25-16-20(27)15-19-10-5-4-6-11-19)26-13-14-28-22(17-26)21-12-8-7-9-18(21)2;/h4-12,20,22,27H,3,13-17H2,1-2H3,(H,24,25);1H. The monoisotopic (exact) mass is 509 g/mol. The number of hydrogen-bond acceptors (Lipinski definition) is 3. The third-order valence-corrected chi connectivity index (χ3v) is 5.00. The van der Waals surface area contributed by atoms with E-state index < -0.39 is 6.10 Å². The minimum absolute atomic E-state index is 0. The molecule has 29 heavy (non-hydrogen) atoms. The molecule has 0 aromatic heterocycles. The highest BCUT2D eigenvalue weighted by Crippen LogP contribution is 2.25. The van der Waals surface area contributed by atoms with Crippen LogP contribution in [0.15, 0.2) is 59.6 Å². The van der Waals surface area contributed by atoms with Crippen LogP contribution < -0.4 is 5.32 Å². The van der Waals surface area contributed by atoms with Crippen molar-refractivity contribution >= 4 is 29.9 Å². The van der Waals surface area contributed by atoms with E-state index in [0.29, 0.717) is 19.6 Å². The van der Waals surface area contributed by atoms with Crippen molar-refractivity contribution in [3.05, 3.63) is 71.3 Å². The van der Waals surface area contributed by atoms with Gasteiger partial charge in [-0.2, -0.15) is 0 Å². The maximum Gasteiger partial charge on any atom is 0.194 e. The van der Waals surface area contributed by atoms with Gasteiger partial charge in [-0.25, -0.2) is 0 Å². The van der Waals surface area contributed by atoms with Crippen LogP contribution in [0.4, 0.5) is 0 Å². The molecule has 0 aliphatic carbocycles. The summed E-state index contributed by atoms with van der Waals surface area (Å²) in [5.41, 5.74) is 3.60. The van der Waals surface area contributed by atoms with Gasteiger partial charge in [0.05, 0.1) is 25.8 Å². The number of nitrogens with one attached hydrogen (secondary N) is 1. The Bertz CT molecular complexity index is 770. The zero-order valence-electron chi connectivity index (χ0n) is 17.3. The van der Waals surface area contributed by atoms with Crippen molar-refractivity contribution in [1.29, 1.82) is 0 Å². The molecule has 1 heterocycles. The highest BCUT2D eigenvalue weighted by atomic mass is 127. The molecule has 6 heteroatoms. The molecule has 0 saturated carbocycles. The van der Waals surface area contributed by atoms with Crippen molar-refractivity contribution < 1.29 is 9.84 Å². The molecule has 0 bridgehead atoms. The number of nitrogens with zero attached hydrogens (tertiary/aromatic N) is 2. The number of ether oxygens (including phenoxy) is 1. The zero-order chi connectivity index (χ0) is 19.8.